The van der Waals surface area contributed by atoms with Crippen molar-refractivity contribution in [3.05, 3.63) is 59.8 Å². The number of hydrogen-bond acceptors (Lipinski definition) is 4. The van der Waals surface area contributed by atoms with E-state index in [0.29, 0.717) is 6.04 Å². The fourth-order valence-electron chi connectivity index (χ4n) is 4.64. The van der Waals surface area contributed by atoms with Gasteiger partial charge >= 0.3 is 0 Å². The van der Waals surface area contributed by atoms with Gasteiger partial charge in [0.05, 0.1) is 0 Å². The second-order valence-corrected chi connectivity index (χ2v) is 8.63. The van der Waals surface area contributed by atoms with Gasteiger partial charge in [-0.05, 0) is 61.9 Å². The van der Waals surface area contributed by atoms with Crippen molar-refractivity contribution >= 4 is 35.8 Å². The number of anilines is 1. The summed E-state index contributed by atoms with van der Waals surface area (Å²) in [5.74, 6) is 1.97. The molecule has 1 unspecified atom stereocenters. The largest absolute Gasteiger partial charge is 0.357 e. The van der Waals surface area contributed by atoms with Crippen molar-refractivity contribution in [2.75, 3.05) is 38.1 Å². The Balaban J connectivity index is 0.00000289. The second kappa shape index (κ2) is 13.0. The molecule has 0 spiro atoms. The molecular formula is C25H37IN6. The molecule has 0 saturated carbocycles. The number of nitrogens with one attached hydrogen (secondary N) is 2. The summed E-state index contributed by atoms with van der Waals surface area (Å²) < 4.78 is 0. The Morgan fingerprint density at radius 1 is 1.00 bits per heavy atom. The summed E-state index contributed by atoms with van der Waals surface area (Å²) >= 11 is 0. The van der Waals surface area contributed by atoms with Crippen LogP contribution in [0.15, 0.2) is 53.7 Å². The fourth-order valence-corrected chi connectivity index (χ4v) is 4.64. The first-order valence-corrected chi connectivity index (χ1v) is 11.7. The highest BCUT2D eigenvalue weighted by Crippen LogP contribution is 2.20. The van der Waals surface area contributed by atoms with Crippen LogP contribution in [-0.4, -0.2) is 55.1 Å². The van der Waals surface area contributed by atoms with Gasteiger partial charge in [-0.1, -0.05) is 30.3 Å². The number of halogens is 1. The third-order valence-corrected chi connectivity index (χ3v) is 6.41. The van der Waals surface area contributed by atoms with Crippen molar-refractivity contribution in [2.24, 2.45) is 4.99 Å². The number of nitrogens with zero attached hydrogens (tertiary/aromatic N) is 4. The lowest BCUT2D eigenvalue weighted by molar-refractivity contribution is 0.245. The minimum Gasteiger partial charge on any atom is -0.357 e. The summed E-state index contributed by atoms with van der Waals surface area (Å²) in [5.41, 5.74) is 2.63. The molecule has 174 valence electrons. The number of piperidine rings is 1. The normalized spacial score (nSPS) is 19.5. The molecule has 2 fully saturated rings. The Morgan fingerprint density at radius 3 is 2.59 bits per heavy atom. The number of pyridine rings is 1. The predicted octanol–water partition coefficient (Wildman–Crippen LogP) is 4.02. The SMILES string of the molecule is CN=C(NCc1ccnc(N2CCCCC2)c1)NCC1CCCN1Cc1ccccc1.I. The van der Waals surface area contributed by atoms with Gasteiger partial charge in [-0.25, -0.2) is 4.98 Å². The van der Waals surface area contributed by atoms with Gasteiger partial charge in [0.1, 0.15) is 5.82 Å². The Hall–Kier alpha value is -1.87. The van der Waals surface area contributed by atoms with Crippen molar-refractivity contribution in [1.29, 1.82) is 0 Å². The molecule has 2 aliphatic heterocycles. The smallest absolute Gasteiger partial charge is 0.191 e. The number of hydrogen-bond donors (Lipinski definition) is 2. The van der Waals surface area contributed by atoms with Gasteiger partial charge in [0.2, 0.25) is 0 Å². The summed E-state index contributed by atoms with van der Waals surface area (Å²) in [6.07, 6.45) is 8.30. The van der Waals surface area contributed by atoms with Crippen LogP contribution in [0.3, 0.4) is 0 Å². The molecular weight excluding hydrogens is 511 g/mol. The first-order valence-electron chi connectivity index (χ1n) is 11.7. The average molecular weight is 549 g/mol. The highest BCUT2D eigenvalue weighted by Gasteiger charge is 2.24. The van der Waals surface area contributed by atoms with Crippen LogP contribution in [-0.2, 0) is 13.1 Å². The molecule has 0 amide bonds. The van der Waals surface area contributed by atoms with Crippen molar-refractivity contribution in [2.45, 2.75) is 51.2 Å². The van der Waals surface area contributed by atoms with E-state index in [1.807, 2.05) is 13.2 Å². The average Bonchev–Trinajstić information content (AvgIpc) is 3.27. The van der Waals surface area contributed by atoms with Crippen LogP contribution < -0.4 is 15.5 Å². The molecule has 7 heteroatoms. The van der Waals surface area contributed by atoms with E-state index >= 15 is 0 Å². The van der Waals surface area contributed by atoms with E-state index in [-0.39, 0.29) is 24.0 Å². The number of aliphatic imine (C=N–C) groups is 1. The van der Waals surface area contributed by atoms with E-state index in [9.17, 15) is 0 Å². The highest BCUT2D eigenvalue weighted by molar-refractivity contribution is 14.0. The lowest BCUT2D eigenvalue weighted by Gasteiger charge is -2.28. The minimum atomic E-state index is 0. The molecule has 3 heterocycles. The fraction of sp³-hybridized carbons (Fsp3) is 0.520. The van der Waals surface area contributed by atoms with Gasteiger partial charge in [0.25, 0.3) is 0 Å². The molecule has 0 radical (unpaired) electrons. The molecule has 1 atom stereocenters. The van der Waals surface area contributed by atoms with Gasteiger partial charge in [0.15, 0.2) is 5.96 Å². The van der Waals surface area contributed by atoms with Crippen molar-refractivity contribution in [3.8, 4) is 0 Å². The maximum atomic E-state index is 4.59. The third kappa shape index (κ3) is 7.07. The zero-order valence-electron chi connectivity index (χ0n) is 19.2. The summed E-state index contributed by atoms with van der Waals surface area (Å²) in [4.78, 5) is 14.0. The van der Waals surface area contributed by atoms with Crippen LogP contribution in [0.1, 0.15) is 43.2 Å². The minimum absolute atomic E-state index is 0. The Labute approximate surface area is 209 Å². The number of rotatable bonds is 7. The Kier molecular flexibility index (Phi) is 10.1. The van der Waals surface area contributed by atoms with Crippen LogP contribution in [0.4, 0.5) is 5.82 Å². The van der Waals surface area contributed by atoms with E-state index in [1.54, 1.807) is 0 Å². The second-order valence-electron chi connectivity index (χ2n) is 8.63. The highest BCUT2D eigenvalue weighted by atomic mass is 127. The van der Waals surface area contributed by atoms with Gasteiger partial charge in [0, 0.05) is 52.0 Å². The molecule has 4 rings (SSSR count). The molecule has 2 saturated heterocycles. The van der Waals surface area contributed by atoms with Crippen molar-refractivity contribution in [3.63, 3.8) is 0 Å². The zero-order chi connectivity index (χ0) is 21.3. The van der Waals surface area contributed by atoms with E-state index < -0.39 is 0 Å². The molecule has 2 N–H and O–H groups in total. The molecule has 0 bridgehead atoms. The number of likely N-dealkylation sites (tertiary alicyclic amines) is 1. The molecule has 1 aromatic heterocycles. The van der Waals surface area contributed by atoms with Crippen LogP contribution in [0.2, 0.25) is 0 Å². The zero-order valence-corrected chi connectivity index (χ0v) is 21.5. The number of benzene rings is 1. The van der Waals surface area contributed by atoms with Gasteiger partial charge in [-0.2, -0.15) is 0 Å². The van der Waals surface area contributed by atoms with Crippen molar-refractivity contribution < 1.29 is 0 Å². The van der Waals surface area contributed by atoms with Crippen molar-refractivity contribution in [1.82, 2.24) is 20.5 Å². The Morgan fingerprint density at radius 2 is 1.81 bits per heavy atom. The maximum Gasteiger partial charge on any atom is 0.191 e. The third-order valence-electron chi connectivity index (χ3n) is 6.41. The van der Waals surface area contributed by atoms with Crippen LogP contribution in [0.5, 0.6) is 0 Å². The van der Waals surface area contributed by atoms with E-state index in [0.717, 1.165) is 44.5 Å². The van der Waals surface area contributed by atoms with E-state index in [1.165, 1.54) is 49.8 Å². The maximum absolute atomic E-state index is 4.59. The monoisotopic (exact) mass is 548 g/mol. The lowest BCUT2D eigenvalue weighted by atomic mass is 10.1. The molecule has 2 aromatic rings. The molecule has 2 aliphatic rings. The van der Waals surface area contributed by atoms with Gasteiger partial charge in [-0.3, -0.25) is 9.89 Å². The predicted molar refractivity (Wildman–Crippen MR) is 144 cm³/mol. The summed E-state index contributed by atoms with van der Waals surface area (Å²) in [5, 5.41) is 7.02. The topological polar surface area (TPSA) is 55.8 Å². The first kappa shape index (κ1) is 24.8. The van der Waals surface area contributed by atoms with Gasteiger partial charge in [-0.15, -0.1) is 24.0 Å². The van der Waals surface area contributed by atoms with Crippen LogP contribution in [0, 0.1) is 0 Å². The number of guanidine groups is 1. The summed E-state index contributed by atoms with van der Waals surface area (Å²) in [6.45, 7) is 6.10. The van der Waals surface area contributed by atoms with E-state index in [4.69, 9.17) is 0 Å². The van der Waals surface area contributed by atoms with E-state index in [2.05, 4.69) is 72.9 Å². The van der Waals surface area contributed by atoms with Crippen LogP contribution >= 0.6 is 24.0 Å². The Bertz CT molecular complexity index is 837. The van der Waals surface area contributed by atoms with Gasteiger partial charge < -0.3 is 15.5 Å². The lowest BCUT2D eigenvalue weighted by Crippen LogP contribution is -2.44. The van der Waals surface area contributed by atoms with Crippen LogP contribution in [0.25, 0.3) is 0 Å². The summed E-state index contributed by atoms with van der Waals surface area (Å²) in [7, 11) is 1.84. The molecule has 6 nitrogen and oxygen atoms in total. The first-order chi connectivity index (χ1) is 15.3. The molecule has 1 aromatic carbocycles. The molecule has 0 aliphatic carbocycles. The summed E-state index contributed by atoms with van der Waals surface area (Å²) in [6, 6.07) is 15.6. The molecule has 32 heavy (non-hydrogen) atoms. The quantitative estimate of drug-likeness (QED) is 0.311. The number of aromatic nitrogens is 1. The standard InChI is InChI=1S/C25H36N6.HI/c1-26-25(28-18-22-12-13-27-24(17-22)30-14-6-3-7-15-30)29-19-23-11-8-16-31(23)20-21-9-4-2-5-10-21;/h2,4-5,9-10,12-13,17,23H,3,6-8,11,14-16,18-20H2,1H3,(H2,26,28,29);1H.